The van der Waals surface area contributed by atoms with Gasteiger partial charge in [0.1, 0.15) is 0 Å². The van der Waals surface area contributed by atoms with Gasteiger partial charge < -0.3 is 10.2 Å². The molecule has 2 N–H and O–H groups in total. The summed E-state index contributed by atoms with van der Waals surface area (Å²) in [6.07, 6.45) is 0.876. The molecule has 1 saturated heterocycles. The van der Waals surface area contributed by atoms with Gasteiger partial charge in [-0.3, -0.25) is 0 Å². The van der Waals surface area contributed by atoms with Gasteiger partial charge in [-0.05, 0) is 38.5 Å². The second-order valence-electron chi connectivity index (χ2n) is 4.61. The number of rotatable bonds is 5. The summed E-state index contributed by atoms with van der Waals surface area (Å²) in [7, 11) is 0.437. The van der Waals surface area contributed by atoms with E-state index in [-0.39, 0.29) is 6.04 Å². The maximum atomic E-state index is 12.3. The maximum absolute atomic E-state index is 12.3. The van der Waals surface area contributed by atoms with Crippen LogP contribution in [-0.4, -0.2) is 46.5 Å². The Morgan fingerprint density at radius 1 is 1.56 bits per heavy atom. The van der Waals surface area contributed by atoms with E-state index in [0.29, 0.717) is 11.4 Å². The van der Waals surface area contributed by atoms with Gasteiger partial charge >= 0.3 is 0 Å². The zero-order valence-electron chi connectivity index (χ0n) is 10.6. The van der Waals surface area contributed by atoms with Crippen LogP contribution in [0.25, 0.3) is 0 Å². The van der Waals surface area contributed by atoms with Gasteiger partial charge in [0.2, 0.25) is 10.0 Å². The third-order valence-corrected chi connectivity index (χ3v) is 5.70. The molecule has 1 atom stereocenters. The molecule has 0 spiro atoms. The average Bonchev–Trinajstić information content (AvgIpc) is 2.88. The standard InChI is InChI=1S/C11H19N3O2S2/c1-12-7-10-11(4-6-17-10)18(15,16)13-9-3-5-14(2)8-9/h4,6,9,12-13H,3,5,7-8H2,1-2H3. The Labute approximate surface area is 112 Å². The quantitative estimate of drug-likeness (QED) is 0.826. The van der Waals surface area contributed by atoms with E-state index in [1.165, 1.54) is 11.3 Å². The highest BCUT2D eigenvalue weighted by atomic mass is 32.2. The molecule has 5 nitrogen and oxygen atoms in total. The van der Waals surface area contributed by atoms with Crippen molar-refractivity contribution in [2.45, 2.75) is 23.9 Å². The fourth-order valence-electron chi connectivity index (χ4n) is 2.17. The zero-order chi connectivity index (χ0) is 13.2. The predicted octanol–water partition coefficient (Wildman–Crippen LogP) is 0.450. The zero-order valence-corrected chi connectivity index (χ0v) is 12.3. The lowest BCUT2D eigenvalue weighted by Crippen LogP contribution is -2.36. The first-order valence-corrected chi connectivity index (χ1v) is 8.31. The fraction of sp³-hybridized carbons (Fsp3) is 0.636. The minimum atomic E-state index is -3.38. The van der Waals surface area contributed by atoms with Crippen molar-refractivity contribution in [3.05, 3.63) is 16.3 Å². The van der Waals surface area contributed by atoms with Crippen LogP contribution in [-0.2, 0) is 16.6 Å². The highest BCUT2D eigenvalue weighted by molar-refractivity contribution is 7.89. The third-order valence-electron chi connectivity index (χ3n) is 3.04. The topological polar surface area (TPSA) is 61.4 Å². The van der Waals surface area contributed by atoms with E-state index in [0.717, 1.165) is 24.4 Å². The van der Waals surface area contributed by atoms with Gasteiger partial charge in [0.05, 0.1) is 4.90 Å². The summed E-state index contributed by atoms with van der Waals surface area (Å²) in [4.78, 5) is 3.41. The summed E-state index contributed by atoms with van der Waals surface area (Å²) >= 11 is 1.47. The van der Waals surface area contributed by atoms with Gasteiger partial charge in [-0.15, -0.1) is 11.3 Å². The van der Waals surface area contributed by atoms with E-state index in [2.05, 4.69) is 14.9 Å². The van der Waals surface area contributed by atoms with E-state index in [9.17, 15) is 8.42 Å². The van der Waals surface area contributed by atoms with Gasteiger partial charge in [0.25, 0.3) is 0 Å². The van der Waals surface area contributed by atoms with Gasteiger partial charge in [-0.2, -0.15) is 0 Å². The lowest BCUT2D eigenvalue weighted by atomic mass is 10.3. The van der Waals surface area contributed by atoms with E-state index in [4.69, 9.17) is 0 Å². The lowest BCUT2D eigenvalue weighted by Gasteiger charge is -2.13. The average molecular weight is 289 g/mol. The molecule has 1 aliphatic rings. The first-order chi connectivity index (χ1) is 8.53. The normalized spacial score (nSPS) is 21.6. The Bertz CT molecular complexity index is 498. The van der Waals surface area contributed by atoms with Crippen LogP contribution < -0.4 is 10.0 Å². The van der Waals surface area contributed by atoms with Crippen molar-refractivity contribution >= 4 is 21.4 Å². The van der Waals surface area contributed by atoms with E-state index in [1.54, 1.807) is 6.07 Å². The molecule has 1 aromatic heterocycles. The maximum Gasteiger partial charge on any atom is 0.242 e. The van der Waals surface area contributed by atoms with Crippen LogP contribution >= 0.6 is 11.3 Å². The smallest absolute Gasteiger partial charge is 0.242 e. The van der Waals surface area contributed by atoms with Crippen molar-refractivity contribution in [3.8, 4) is 0 Å². The van der Waals surface area contributed by atoms with Crippen molar-refractivity contribution in [1.29, 1.82) is 0 Å². The molecule has 0 amide bonds. The van der Waals surface area contributed by atoms with Crippen molar-refractivity contribution in [2.75, 3.05) is 27.2 Å². The number of hydrogen-bond acceptors (Lipinski definition) is 5. The second kappa shape index (κ2) is 5.66. The van der Waals surface area contributed by atoms with Crippen LogP contribution in [0.3, 0.4) is 0 Å². The molecule has 0 radical (unpaired) electrons. The Morgan fingerprint density at radius 2 is 2.33 bits per heavy atom. The molecule has 2 heterocycles. The molecule has 2 rings (SSSR count). The lowest BCUT2D eigenvalue weighted by molar-refractivity contribution is 0.407. The van der Waals surface area contributed by atoms with Crippen molar-refractivity contribution in [1.82, 2.24) is 14.9 Å². The molecule has 1 fully saturated rings. The van der Waals surface area contributed by atoms with Crippen LogP contribution in [0.4, 0.5) is 0 Å². The van der Waals surface area contributed by atoms with Crippen LogP contribution in [0.5, 0.6) is 0 Å². The van der Waals surface area contributed by atoms with Crippen LogP contribution in [0.15, 0.2) is 16.3 Å². The van der Waals surface area contributed by atoms with Crippen LogP contribution in [0.2, 0.25) is 0 Å². The van der Waals surface area contributed by atoms with Gasteiger partial charge in [0.15, 0.2) is 0 Å². The van der Waals surface area contributed by atoms with Crippen LogP contribution in [0, 0.1) is 0 Å². The molecule has 0 aromatic carbocycles. The van der Waals surface area contributed by atoms with Gasteiger partial charge in [-0.25, -0.2) is 13.1 Å². The Hall–Kier alpha value is -0.470. The number of nitrogens with one attached hydrogen (secondary N) is 2. The minimum Gasteiger partial charge on any atom is -0.315 e. The molecule has 102 valence electrons. The molecule has 1 aliphatic heterocycles. The summed E-state index contributed by atoms with van der Waals surface area (Å²) in [5.74, 6) is 0. The van der Waals surface area contributed by atoms with E-state index in [1.807, 2.05) is 19.5 Å². The molecule has 0 bridgehead atoms. The number of nitrogens with zero attached hydrogens (tertiary/aromatic N) is 1. The summed E-state index contributed by atoms with van der Waals surface area (Å²) < 4.78 is 27.4. The van der Waals surface area contributed by atoms with Crippen molar-refractivity contribution in [3.63, 3.8) is 0 Å². The summed E-state index contributed by atoms with van der Waals surface area (Å²) in [6.45, 7) is 2.31. The first kappa shape index (κ1) is 14.0. The first-order valence-electron chi connectivity index (χ1n) is 5.95. The molecular formula is C11H19N3O2S2. The molecule has 18 heavy (non-hydrogen) atoms. The van der Waals surface area contributed by atoms with Crippen molar-refractivity contribution < 1.29 is 8.42 Å². The van der Waals surface area contributed by atoms with Crippen molar-refractivity contribution in [2.24, 2.45) is 0 Å². The molecule has 7 heteroatoms. The fourth-order valence-corrected chi connectivity index (χ4v) is 4.89. The Balaban J connectivity index is 2.12. The number of likely N-dealkylation sites (tertiary alicyclic amines) is 1. The number of thiophene rings is 1. The summed E-state index contributed by atoms with van der Waals surface area (Å²) in [5.41, 5.74) is 0. The Kier molecular flexibility index (Phi) is 4.39. The second-order valence-corrected chi connectivity index (χ2v) is 7.29. The highest BCUT2D eigenvalue weighted by Crippen LogP contribution is 2.22. The van der Waals surface area contributed by atoms with E-state index >= 15 is 0 Å². The number of likely N-dealkylation sites (N-methyl/N-ethyl adjacent to an activating group) is 1. The number of hydrogen-bond donors (Lipinski definition) is 2. The molecule has 1 unspecified atom stereocenters. The van der Waals surface area contributed by atoms with Crippen LogP contribution in [0.1, 0.15) is 11.3 Å². The summed E-state index contributed by atoms with van der Waals surface area (Å²) in [5, 5.41) is 4.81. The summed E-state index contributed by atoms with van der Waals surface area (Å²) in [6, 6.07) is 1.71. The Morgan fingerprint density at radius 3 is 2.94 bits per heavy atom. The SMILES string of the molecule is CNCc1sccc1S(=O)(=O)NC1CCN(C)C1. The molecular weight excluding hydrogens is 270 g/mol. The van der Waals surface area contributed by atoms with Gasteiger partial charge in [0, 0.05) is 24.0 Å². The third kappa shape index (κ3) is 3.10. The highest BCUT2D eigenvalue weighted by Gasteiger charge is 2.27. The number of sulfonamides is 1. The molecule has 0 saturated carbocycles. The predicted molar refractivity (Wildman–Crippen MR) is 73.3 cm³/mol. The van der Waals surface area contributed by atoms with Gasteiger partial charge in [-0.1, -0.05) is 0 Å². The largest absolute Gasteiger partial charge is 0.315 e. The van der Waals surface area contributed by atoms with E-state index < -0.39 is 10.0 Å². The minimum absolute atomic E-state index is 0.0299. The molecule has 0 aliphatic carbocycles. The monoisotopic (exact) mass is 289 g/mol. The molecule has 1 aromatic rings.